The van der Waals surface area contributed by atoms with E-state index in [1.165, 1.54) is 4.90 Å². The molecule has 1 unspecified atom stereocenters. The van der Waals surface area contributed by atoms with Gasteiger partial charge in [0, 0.05) is 28.5 Å². The van der Waals surface area contributed by atoms with Gasteiger partial charge in [-0.05, 0) is 42.3 Å². The Morgan fingerprint density at radius 2 is 1.96 bits per heavy atom. The molecular weight excluding hydrogens is 364 g/mol. The van der Waals surface area contributed by atoms with E-state index in [0.717, 1.165) is 5.56 Å². The van der Waals surface area contributed by atoms with Crippen LogP contribution in [0.5, 0.6) is 0 Å². The number of ketones is 1. The predicted molar refractivity (Wildman–Crippen MR) is 105 cm³/mol. The topological polar surface area (TPSA) is 70.5 Å². The summed E-state index contributed by atoms with van der Waals surface area (Å²) in [6.45, 7) is 7.11. The first kappa shape index (κ1) is 19.1. The van der Waals surface area contributed by atoms with Gasteiger partial charge in [0.2, 0.25) is 0 Å². The molecule has 0 saturated heterocycles. The third-order valence-corrected chi connectivity index (χ3v) is 4.79. The number of rotatable bonds is 3. The zero-order valence-corrected chi connectivity index (χ0v) is 16.4. The number of benzene rings is 1. The lowest BCUT2D eigenvalue weighted by Crippen LogP contribution is -2.33. The number of aryl methyl sites for hydroxylation is 1. The molecule has 0 aliphatic carbocycles. The summed E-state index contributed by atoms with van der Waals surface area (Å²) in [6, 6.07) is 7.91. The fourth-order valence-corrected chi connectivity index (χ4v) is 3.46. The van der Waals surface area contributed by atoms with Crippen LogP contribution in [-0.2, 0) is 9.59 Å². The highest BCUT2D eigenvalue weighted by Crippen LogP contribution is 2.44. The summed E-state index contributed by atoms with van der Waals surface area (Å²) in [6.07, 6.45) is 3.22. The molecular formula is C21H21ClN2O3. The molecule has 1 aromatic heterocycles. The number of carbonyl (C=O) groups is 2. The highest BCUT2D eigenvalue weighted by atomic mass is 35.5. The minimum Gasteiger partial charge on any atom is -0.503 e. The Morgan fingerprint density at radius 3 is 2.52 bits per heavy atom. The molecule has 5 nitrogen and oxygen atoms in total. The maximum atomic E-state index is 13.1. The van der Waals surface area contributed by atoms with Gasteiger partial charge in [-0.3, -0.25) is 19.5 Å². The van der Waals surface area contributed by atoms with Crippen LogP contribution in [0.4, 0.5) is 5.69 Å². The normalized spacial score (nSPS) is 17.6. The molecule has 6 heteroatoms. The monoisotopic (exact) mass is 384 g/mol. The standard InChI is InChI=1S/C21H21ClN2O3/c1-12-10-14(22)7-8-15(12)24-17(13-6-5-9-23-11-13)16(18(25)20(24)27)19(26)21(2,3)4/h5-11,17,25H,1-4H3. The summed E-state index contributed by atoms with van der Waals surface area (Å²) in [4.78, 5) is 31.6. The minimum absolute atomic E-state index is 0.0925. The van der Waals surface area contributed by atoms with Gasteiger partial charge in [-0.2, -0.15) is 0 Å². The molecule has 0 radical (unpaired) electrons. The number of Topliss-reactive ketones (excluding diaryl/α,β-unsaturated/α-hetero) is 1. The van der Waals surface area contributed by atoms with E-state index in [1.54, 1.807) is 63.5 Å². The summed E-state index contributed by atoms with van der Waals surface area (Å²) in [5, 5.41) is 11.2. The lowest BCUT2D eigenvalue weighted by Gasteiger charge is -2.29. The van der Waals surface area contributed by atoms with Gasteiger partial charge >= 0.3 is 0 Å². The first-order valence-corrected chi connectivity index (χ1v) is 8.98. The van der Waals surface area contributed by atoms with Gasteiger partial charge in [0.1, 0.15) is 0 Å². The summed E-state index contributed by atoms with van der Waals surface area (Å²) in [7, 11) is 0. The molecule has 0 spiro atoms. The van der Waals surface area contributed by atoms with Crippen LogP contribution in [0.3, 0.4) is 0 Å². The Bertz CT molecular complexity index is 946. The van der Waals surface area contributed by atoms with Crippen LogP contribution in [-0.4, -0.2) is 21.8 Å². The van der Waals surface area contributed by atoms with Crippen LogP contribution in [0, 0.1) is 12.3 Å². The van der Waals surface area contributed by atoms with Crippen molar-refractivity contribution in [2.45, 2.75) is 33.7 Å². The van der Waals surface area contributed by atoms with Gasteiger partial charge in [0.05, 0.1) is 11.6 Å². The van der Waals surface area contributed by atoms with Crippen molar-refractivity contribution in [3.8, 4) is 0 Å². The van der Waals surface area contributed by atoms with E-state index in [9.17, 15) is 14.7 Å². The fourth-order valence-electron chi connectivity index (χ4n) is 3.23. The van der Waals surface area contributed by atoms with Crippen molar-refractivity contribution in [1.82, 2.24) is 4.98 Å². The molecule has 140 valence electrons. The summed E-state index contributed by atoms with van der Waals surface area (Å²) in [5.74, 6) is -1.41. The molecule has 2 heterocycles. The molecule has 1 atom stereocenters. The van der Waals surface area contributed by atoms with Crippen LogP contribution in [0.1, 0.15) is 37.9 Å². The van der Waals surface area contributed by atoms with Crippen molar-refractivity contribution in [2.75, 3.05) is 4.90 Å². The number of amides is 1. The van der Waals surface area contributed by atoms with E-state index in [4.69, 9.17) is 11.6 Å². The largest absolute Gasteiger partial charge is 0.503 e. The second-order valence-corrected chi connectivity index (χ2v) is 8.07. The van der Waals surface area contributed by atoms with E-state index >= 15 is 0 Å². The van der Waals surface area contributed by atoms with Crippen LogP contribution in [0.2, 0.25) is 5.02 Å². The van der Waals surface area contributed by atoms with Crippen LogP contribution >= 0.6 is 11.6 Å². The number of aliphatic hydroxyl groups is 1. The molecule has 27 heavy (non-hydrogen) atoms. The Morgan fingerprint density at radius 1 is 1.26 bits per heavy atom. The van der Waals surface area contributed by atoms with Crippen LogP contribution < -0.4 is 4.90 Å². The SMILES string of the molecule is Cc1cc(Cl)ccc1N1C(=O)C(O)=C(C(=O)C(C)(C)C)C1c1cccnc1. The van der Waals surface area contributed by atoms with Crippen molar-refractivity contribution >= 4 is 29.0 Å². The van der Waals surface area contributed by atoms with Gasteiger partial charge < -0.3 is 5.11 Å². The smallest absolute Gasteiger partial charge is 0.294 e. The summed E-state index contributed by atoms with van der Waals surface area (Å²) in [5.41, 5.74) is 1.34. The first-order chi connectivity index (χ1) is 12.6. The van der Waals surface area contributed by atoms with Crippen molar-refractivity contribution in [3.05, 3.63) is 70.2 Å². The number of pyridine rings is 1. The number of hydrogen-bond acceptors (Lipinski definition) is 4. The van der Waals surface area contributed by atoms with Crippen molar-refractivity contribution in [2.24, 2.45) is 5.41 Å². The number of halogens is 1. The average Bonchev–Trinajstić information content (AvgIpc) is 2.86. The van der Waals surface area contributed by atoms with Crippen molar-refractivity contribution in [3.63, 3.8) is 0 Å². The Labute approximate surface area is 163 Å². The Kier molecular flexibility index (Phi) is 4.82. The Balaban J connectivity index is 2.23. The molecule has 1 N–H and O–H groups in total. The number of aliphatic hydroxyl groups excluding tert-OH is 1. The van der Waals surface area contributed by atoms with Crippen molar-refractivity contribution in [1.29, 1.82) is 0 Å². The van der Waals surface area contributed by atoms with Gasteiger partial charge in [0.25, 0.3) is 5.91 Å². The van der Waals surface area contributed by atoms with E-state index in [1.807, 2.05) is 6.92 Å². The van der Waals surface area contributed by atoms with E-state index < -0.39 is 23.1 Å². The molecule has 0 fully saturated rings. The highest BCUT2D eigenvalue weighted by molar-refractivity contribution is 6.30. The zero-order valence-electron chi connectivity index (χ0n) is 15.7. The second kappa shape index (κ2) is 6.82. The van der Waals surface area contributed by atoms with E-state index in [0.29, 0.717) is 16.3 Å². The molecule has 1 aliphatic rings. The fraction of sp³-hybridized carbons (Fsp3) is 0.286. The van der Waals surface area contributed by atoms with Gasteiger partial charge in [-0.15, -0.1) is 0 Å². The number of aromatic nitrogens is 1. The maximum Gasteiger partial charge on any atom is 0.294 e. The van der Waals surface area contributed by atoms with Crippen LogP contribution in [0.25, 0.3) is 0 Å². The first-order valence-electron chi connectivity index (χ1n) is 8.60. The van der Waals surface area contributed by atoms with E-state index in [-0.39, 0.29) is 11.4 Å². The summed E-state index contributed by atoms with van der Waals surface area (Å²) < 4.78 is 0. The quantitative estimate of drug-likeness (QED) is 0.842. The van der Waals surface area contributed by atoms with E-state index in [2.05, 4.69) is 4.98 Å². The minimum atomic E-state index is -0.755. The Hall–Kier alpha value is -2.66. The predicted octanol–water partition coefficient (Wildman–Crippen LogP) is 4.56. The lowest BCUT2D eigenvalue weighted by molar-refractivity contribution is -0.123. The molecule has 0 bridgehead atoms. The molecule has 0 saturated carbocycles. The summed E-state index contributed by atoms with van der Waals surface area (Å²) >= 11 is 6.05. The number of anilines is 1. The molecule has 2 aromatic rings. The number of carbonyl (C=O) groups excluding carboxylic acids is 2. The zero-order chi connectivity index (χ0) is 19.9. The maximum absolute atomic E-state index is 13.1. The molecule has 3 rings (SSSR count). The highest BCUT2D eigenvalue weighted by Gasteiger charge is 2.47. The molecule has 1 amide bonds. The van der Waals surface area contributed by atoms with Gasteiger partial charge in [-0.25, -0.2) is 0 Å². The third-order valence-electron chi connectivity index (χ3n) is 4.55. The van der Waals surface area contributed by atoms with Gasteiger partial charge in [-0.1, -0.05) is 38.4 Å². The lowest BCUT2D eigenvalue weighted by atomic mass is 9.82. The molecule has 1 aromatic carbocycles. The average molecular weight is 385 g/mol. The van der Waals surface area contributed by atoms with Gasteiger partial charge in [0.15, 0.2) is 11.5 Å². The van der Waals surface area contributed by atoms with Crippen molar-refractivity contribution < 1.29 is 14.7 Å². The number of hydrogen-bond donors (Lipinski definition) is 1. The number of nitrogens with zero attached hydrogens (tertiary/aromatic N) is 2. The third kappa shape index (κ3) is 3.35. The molecule has 1 aliphatic heterocycles. The van der Waals surface area contributed by atoms with Crippen LogP contribution in [0.15, 0.2) is 54.1 Å². The second-order valence-electron chi connectivity index (χ2n) is 7.64.